The summed E-state index contributed by atoms with van der Waals surface area (Å²) in [5, 5.41) is 16.4. The SMILES string of the molecule is CSc1ncnn1CC(O)(c1cccc(F)c1)C(C)C1CC1. The summed E-state index contributed by atoms with van der Waals surface area (Å²) < 4.78 is 15.4. The van der Waals surface area contributed by atoms with E-state index in [1.807, 2.05) is 13.2 Å². The number of benzene rings is 1. The van der Waals surface area contributed by atoms with Crippen molar-refractivity contribution < 1.29 is 9.50 Å². The van der Waals surface area contributed by atoms with Crippen LogP contribution < -0.4 is 0 Å². The van der Waals surface area contributed by atoms with Gasteiger partial charge in [0.2, 0.25) is 0 Å². The molecular weight excluding hydrogens is 301 g/mol. The lowest BCUT2D eigenvalue weighted by Crippen LogP contribution is -2.40. The number of aromatic nitrogens is 3. The third-order valence-electron chi connectivity index (χ3n) is 4.56. The van der Waals surface area contributed by atoms with E-state index in [2.05, 4.69) is 10.1 Å². The minimum atomic E-state index is -1.15. The van der Waals surface area contributed by atoms with Crippen LogP contribution in [0.5, 0.6) is 0 Å². The second kappa shape index (κ2) is 6.01. The Morgan fingerprint density at radius 2 is 2.27 bits per heavy atom. The largest absolute Gasteiger partial charge is 0.383 e. The Bertz CT molecular complexity index is 658. The van der Waals surface area contributed by atoms with Gasteiger partial charge in [-0.15, -0.1) is 0 Å². The molecule has 2 aromatic rings. The van der Waals surface area contributed by atoms with E-state index in [-0.39, 0.29) is 18.3 Å². The summed E-state index contributed by atoms with van der Waals surface area (Å²) >= 11 is 1.48. The first-order valence-electron chi connectivity index (χ1n) is 7.45. The number of aliphatic hydroxyl groups is 1. The number of thioether (sulfide) groups is 1. The zero-order valence-corrected chi connectivity index (χ0v) is 13.6. The Hall–Kier alpha value is -1.40. The molecule has 22 heavy (non-hydrogen) atoms. The second-order valence-corrected chi connectivity index (χ2v) is 6.74. The van der Waals surface area contributed by atoms with Crippen LogP contribution in [-0.2, 0) is 12.1 Å². The molecule has 6 heteroatoms. The number of nitrogens with zero attached hydrogens (tertiary/aromatic N) is 3. The van der Waals surface area contributed by atoms with E-state index in [1.165, 1.54) is 30.2 Å². The normalized spacial score (nSPS) is 18.9. The Labute approximate surface area is 133 Å². The van der Waals surface area contributed by atoms with E-state index in [4.69, 9.17) is 0 Å². The average molecular weight is 321 g/mol. The fourth-order valence-electron chi connectivity index (χ4n) is 2.99. The highest BCUT2D eigenvalue weighted by Gasteiger charge is 2.45. The zero-order chi connectivity index (χ0) is 15.7. The maximum atomic E-state index is 13.7. The van der Waals surface area contributed by atoms with E-state index in [0.717, 1.165) is 18.0 Å². The smallest absolute Gasteiger partial charge is 0.185 e. The summed E-state index contributed by atoms with van der Waals surface area (Å²) in [6.07, 6.45) is 5.64. The molecule has 0 spiro atoms. The van der Waals surface area contributed by atoms with Crippen molar-refractivity contribution in [2.24, 2.45) is 11.8 Å². The lowest BCUT2D eigenvalue weighted by atomic mass is 9.79. The second-order valence-electron chi connectivity index (χ2n) is 5.97. The highest BCUT2D eigenvalue weighted by molar-refractivity contribution is 7.98. The predicted molar refractivity (Wildman–Crippen MR) is 84.0 cm³/mol. The molecule has 1 saturated carbocycles. The van der Waals surface area contributed by atoms with Crippen LogP contribution in [0.1, 0.15) is 25.3 Å². The first kappa shape index (κ1) is 15.5. The maximum Gasteiger partial charge on any atom is 0.185 e. The van der Waals surface area contributed by atoms with Crippen LogP contribution in [0.4, 0.5) is 4.39 Å². The molecule has 0 radical (unpaired) electrons. The van der Waals surface area contributed by atoms with Crippen molar-refractivity contribution in [2.45, 2.75) is 37.1 Å². The van der Waals surface area contributed by atoms with Gasteiger partial charge in [0.1, 0.15) is 17.7 Å². The summed E-state index contributed by atoms with van der Waals surface area (Å²) in [6.45, 7) is 2.32. The fourth-order valence-corrected chi connectivity index (χ4v) is 3.47. The molecule has 1 heterocycles. The van der Waals surface area contributed by atoms with Crippen LogP contribution in [0.2, 0.25) is 0 Å². The van der Waals surface area contributed by atoms with Gasteiger partial charge in [0.15, 0.2) is 5.16 Å². The summed E-state index contributed by atoms with van der Waals surface area (Å²) in [5.74, 6) is 0.185. The molecule has 1 aromatic carbocycles. The number of rotatable bonds is 6. The van der Waals surface area contributed by atoms with Gasteiger partial charge in [-0.3, -0.25) is 0 Å². The minimum Gasteiger partial charge on any atom is -0.383 e. The third-order valence-corrected chi connectivity index (χ3v) is 5.24. The van der Waals surface area contributed by atoms with E-state index >= 15 is 0 Å². The van der Waals surface area contributed by atoms with Gasteiger partial charge in [0.05, 0.1) is 6.54 Å². The first-order chi connectivity index (χ1) is 10.5. The Morgan fingerprint density at radius 1 is 1.50 bits per heavy atom. The minimum absolute atomic E-state index is 0.0354. The van der Waals surface area contributed by atoms with Crippen LogP contribution >= 0.6 is 11.8 Å². The molecule has 0 bridgehead atoms. The van der Waals surface area contributed by atoms with E-state index in [9.17, 15) is 9.50 Å². The van der Waals surface area contributed by atoms with Crippen LogP contribution in [0, 0.1) is 17.7 Å². The van der Waals surface area contributed by atoms with Gasteiger partial charge >= 0.3 is 0 Å². The molecule has 1 aromatic heterocycles. The van der Waals surface area contributed by atoms with Crippen LogP contribution in [0.3, 0.4) is 0 Å². The van der Waals surface area contributed by atoms with Crippen molar-refractivity contribution >= 4 is 11.8 Å². The summed E-state index contributed by atoms with van der Waals surface area (Å²) in [7, 11) is 0. The lowest BCUT2D eigenvalue weighted by molar-refractivity contribution is -0.0464. The number of hydrogen-bond acceptors (Lipinski definition) is 4. The summed E-state index contributed by atoms with van der Waals surface area (Å²) in [4.78, 5) is 4.18. The van der Waals surface area contributed by atoms with Gasteiger partial charge < -0.3 is 5.11 Å². The monoisotopic (exact) mass is 321 g/mol. The standard InChI is InChI=1S/C16H20FN3OS/c1-11(12-6-7-12)16(21,13-4-3-5-14(17)8-13)9-20-15(22-2)18-10-19-20/h3-5,8,10-12,21H,6-7,9H2,1-2H3. The van der Waals surface area contributed by atoms with Crippen molar-refractivity contribution in [3.8, 4) is 0 Å². The van der Waals surface area contributed by atoms with Gasteiger partial charge in [-0.25, -0.2) is 14.1 Å². The molecule has 1 aliphatic rings. The van der Waals surface area contributed by atoms with E-state index in [1.54, 1.807) is 16.8 Å². The molecule has 118 valence electrons. The predicted octanol–water partition coefficient (Wildman–Crippen LogP) is 3.07. The third kappa shape index (κ3) is 2.90. The van der Waals surface area contributed by atoms with E-state index in [0.29, 0.717) is 11.5 Å². The van der Waals surface area contributed by atoms with Crippen molar-refractivity contribution in [3.63, 3.8) is 0 Å². The van der Waals surface area contributed by atoms with Crippen molar-refractivity contribution in [3.05, 3.63) is 42.0 Å². The van der Waals surface area contributed by atoms with Gasteiger partial charge in [0, 0.05) is 0 Å². The number of halogens is 1. The van der Waals surface area contributed by atoms with Gasteiger partial charge in [0.25, 0.3) is 0 Å². The van der Waals surface area contributed by atoms with Crippen molar-refractivity contribution in [1.82, 2.24) is 14.8 Å². The lowest BCUT2D eigenvalue weighted by Gasteiger charge is -2.35. The molecule has 1 N–H and O–H groups in total. The molecule has 0 amide bonds. The first-order valence-corrected chi connectivity index (χ1v) is 8.67. The topological polar surface area (TPSA) is 50.9 Å². The molecule has 2 atom stereocenters. The summed E-state index contributed by atoms with van der Waals surface area (Å²) in [6, 6.07) is 6.26. The van der Waals surface area contributed by atoms with Gasteiger partial charge in [-0.05, 0) is 48.6 Å². The zero-order valence-electron chi connectivity index (χ0n) is 12.7. The molecule has 2 unspecified atom stereocenters. The summed E-state index contributed by atoms with van der Waals surface area (Å²) in [5.41, 5.74) is -0.545. The van der Waals surface area contributed by atoms with Gasteiger partial charge in [-0.2, -0.15) is 5.10 Å². The molecular formula is C16H20FN3OS. The number of hydrogen-bond donors (Lipinski definition) is 1. The maximum absolute atomic E-state index is 13.7. The molecule has 1 aliphatic carbocycles. The molecule has 0 aliphatic heterocycles. The van der Waals surface area contributed by atoms with Gasteiger partial charge in [-0.1, -0.05) is 30.8 Å². The molecule has 1 fully saturated rings. The van der Waals surface area contributed by atoms with Crippen LogP contribution in [0.25, 0.3) is 0 Å². The Balaban J connectivity index is 1.99. The van der Waals surface area contributed by atoms with E-state index < -0.39 is 5.60 Å². The van der Waals surface area contributed by atoms with Crippen molar-refractivity contribution in [1.29, 1.82) is 0 Å². The van der Waals surface area contributed by atoms with Crippen LogP contribution in [0.15, 0.2) is 35.7 Å². The van der Waals surface area contributed by atoms with Crippen molar-refractivity contribution in [2.75, 3.05) is 6.26 Å². The Kier molecular flexibility index (Phi) is 4.23. The quantitative estimate of drug-likeness (QED) is 0.831. The molecule has 3 rings (SSSR count). The Morgan fingerprint density at radius 3 is 2.91 bits per heavy atom. The highest BCUT2D eigenvalue weighted by atomic mass is 32.2. The van der Waals surface area contributed by atoms with Crippen LogP contribution in [-0.4, -0.2) is 26.1 Å². The highest BCUT2D eigenvalue weighted by Crippen LogP contribution is 2.46. The molecule has 4 nitrogen and oxygen atoms in total. The molecule has 0 saturated heterocycles. The fraction of sp³-hybridized carbons (Fsp3) is 0.500. The average Bonchev–Trinajstić information content (AvgIpc) is 3.26.